The number of nitrogens with one attached hydrogen (secondary N) is 1. The second-order valence-corrected chi connectivity index (χ2v) is 7.05. The fourth-order valence-corrected chi connectivity index (χ4v) is 3.50. The van der Waals surface area contributed by atoms with E-state index in [-0.39, 0.29) is 17.6 Å². The average molecular weight is 378 g/mol. The molecule has 0 aliphatic carbocycles. The quantitative estimate of drug-likeness (QED) is 0.739. The average Bonchev–Trinajstić information content (AvgIpc) is 2.86. The van der Waals surface area contributed by atoms with Crippen molar-refractivity contribution in [3.8, 4) is 0 Å². The van der Waals surface area contributed by atoms with Gasteiger partial charge in [0.05, 0.1) is 6.54 Å². The molecule has 0 aromatic carbocycles. The number of aromatic nitrogens is 5. The Kier molecular flexibility index (Phi) is 5.01. The Bertz CT molecular complexity index is 1040. The largest absolute Gasteiger partial charge is 0.349 e. The first-order valence-corrected chi connectivity index (χ1v) is 9.39. The molecule has 1 amide bonds. The summed E-state index contributed by atoms with van der Waals surface area (Å²) in [5.74, 6) is 0.662. The van der Waals surface area contributed by atoms with Crippen LogP contribution in [0.25, 0.3) is 0 Å². The SMILES string of the molecule is Cc1cc(C(=O)NC2CCc3nn(Cc4cccnc4)c(=O)n3CC2)ccn1. The first-order chi connectivity index (χ1) is 13.6. The lowest BCUT2D eigenvalue weighted by Crippen LogP contribution is -2.36. The van der Waals surface area contributed by atoms with Crippen LogP contribution in [0.15, 0.2) is 47.7 Å². The van der Waals surface area contributed by atoms with Gasteiger partial charge in [0.25, 0.3) is 5.91 Å². The summed E-state index contributed by atoms with van der Waals surface area (Å²) < 4.78 is 3.21. The number of hydrogen-bond donors (Lipinski definition) is 1. The van der Waals surface area contributed by atoms with E-state index < -0.39 is 0 Å². The Hall–Kier alpha value is -3.29. The standard InChI is InChI=1S/C20H22N6O2/c1-14-11-16(6-9-22-14)19(27)23-17-4-5-18-24-26(20(28)25(18)10-7-17)13-15-3-2-8-21-12-15/h2-3,6,8-9,11-12,17H,4-5,7,10,13H2,1H3,(H,23,27). The molecule has 28 heavy (non-hydrogen) atoms. The maximum Gasteiger partial charge on any atom is 0.346 e. The van der Waals surface area contributed by atoms with Gasteiger partial charge in [-0.05, 0) is 43.5 Å². The first-order valence-electron chi connectivity index (χ1n) is 9.39. The van der Waals surface area contributed by atoms with E-state index in [2.05, 4.69) is 20.4 Å². The molecule has 3 aromatic heterocycles. The van der Waals surface area contributed by atoms with E-state index in [9.17, 15) is 9.59 Å². The summed E-state index contributed by atoms with van der Waals surface area (Å²) in [7, 11) is 0. The number of hydrogen-bond acceptors (Lipinski definition) is 5. The highest BCUT2D eigenvalue weighted by Crippen LogP contribution is 2.13. The van der Waals surface area contributed by atoms with Crippen LogP contribution in [0.4, 0.5) is 0 Å². The minimum atomic E-state index is -0.115. The van der Waals surface area contributed by atoms with Crippen molar-refractivity contribution >= 4 is 5.91 Å². The van der Waals surface area contributed by atoms with E-state index in [1.54, 1.807) is 35.3 Å². The van der Waals surface area contributed by atoms with Crippen LogP contribution in [0.3, 0.4) is 0 Å². The second kappa shape index (κ2) is 7.75. The molecule has 1 N–H and O–H groups in total. The van der Waals surface area contributed by atoms with Gasteiger partial charge < -0.3 is 5.32 Å². The lowest BCUT2D eigenvalue weighted by Gasteiger charge is -2.16. The molecule has 4 rings (SSSR count). The van der Waals surface area contributed by atoms with Crippen molar-refractivity contribution in [2.45, 2.75) is 45.3 Å². The van der Waals surface area contributed by atoms with Crippen LogP contribution < -0.4 is 11.0 Å². The van der Waals surface area contributed by atoms with Crippen LogP contribution >= 0.6 is 0 Å². The zero-order valence-electron chi connectivity index (χ0n) is 15.7. The van der Waals surface area contributed by atoms with E-state index in [1.165, 1.54) is 4.68 Å². The fraction of sp³-hybridized carbons (Fsp3) is 0.350. The highest BCUT2D eigenvalue weighted by molar-refractivity contribution is 5.94. The van der Waals surface area contributed by atoms with Crippen LogP contribution in [0, 0.1) is 6.92 Å². The predicted molar refractivity (Wildman–Crippen MR) is 103 cm³/mol. The monoisotopic (exact) mass is 378 g/mol. The Balaban J connectivity index is 1.43. The molecule has 0 bridgehead atoms. The number of amides is 1. The lowest BCUT2D eigenvalue weighted by atomic mass is 10.1. The van der Waals surface area contributed by atoms with Gasteiger partial charge in [-0.25, -0.2) is 9.48 Å². The van der Waals surface area contributed by atoms with E-state index in [0.717, 1.165) is 23.5 Å². The number of carbonyl (C=O) groups is 1. The molecule has 144 valence electrons. The maximum atomic E-state index is 12.7. The molecule has 0 spiro atoms. The topological polar surface area (TPSA) is 94.7 Å². The van der Waals surface area contributed by atoms with Gasteiger partial charge in [0.1, 0.15) is 5.82 Å². The molecule has 1 unspecified atom stereocenters. The number of pyridine rings is 2. The van der Waals surface area contributed by atoms with E-state index in [4.69, 9.17) is 0 Å². The summed E-state index contributed by atoms with van der Waals surface area (Å²) in [6.07, 6.45) is 7.17. The molecule has 8 heteroatoms. The summed E-state index contributed by atoms with van der Waals surface area (Å²) in [6, 6.07) is 7.26. The zero-order chi connectivity index (χ0) is 19.5. The highest BCUT2D eigenvalue weighted by Gasteiger charge is 2.22. The first kappa shape index (κ1) is 18.1. The molecule has 0 saturated carbocycles. The zero-order valence-corrected chi connectivity index (χ0v) is 15.7. The Morgan fingerprint density at radius 1 is 1.29 bits per heavy atom. The van der Waals surface area contributed by atoms with Gasteiger partial charge in [0.15, 0.2) is 0 Å². The van der Waals surface area contributed by atoms with Gasteiger partial charge in [-0.2, -0.15) is 5.10 Å². The molecule has 3 aromatic rings. The number of rotatable bonds is 4. The Labute approximate surface area is 162 Å². The molecule has 0 fully saturated rings. The molecule has 1 atom stereocenters. The van der Waals surface area contributed by atoms with Crippen LogP contribution in [0.1, 0.15) is 40.3 Å². The molecule has 8 nitrogen and oxygen atoms in total. The summed E-state index contributed by atoms with van der Waals surface area (Å²) >= 11 is 0. The van der Waals surface area contributed by atoms with Gasteiger partial charge in [0, 0.05) is 48.9 Å². The maximum absolute atomic E-state index is 12.7. The molecule has 1 aliphatic rings. The molecular weight excluding hydrogens is 356 g/mol. The minimum Gasteiger partial charge on any atom is -0.349 e. The smallest absolute Gasteiger partial charge is 0.346 e. The molecular formula is C20H22N6O2. The predicted octanol–water partition coefficient (Wildman–Crippen LogP) is 1.33. The molecule has 1 aliphatic heterocycles. The Morgan fingerprint density at radius 3 is 2.96 bits per heavy atom. The van der Waals surface area contributed by atoms with E-state index in [1.807, 2.05) is 19.1 Å². The molecule has 0 radical (unpaired) electrons. The Morgan fingerprint density at radius 2 is 2.18 bits per heavy atom. The summed E-state index contributed by atoms with van der Waals surface area (Å²) in [5, 5.41) is 7.58. The second-order valence-electron chi connectivity index (χ2n) is 7.05. The van der Waals surface area contributed by atoms with E-state index in [0.29, 0.717) is 31.5 Å². The van der Waals surface area contributed by atoms with Gasteiger partial charge in [-0.3, -0.25) is 19.3 Å². The van der Waals surface area contributed by atoms with Gasteiger partial charge in [0.2, 0.25) is 0 Å². The summed E-state index contributed by atoms with van der Waals surface area (Å²) in [6.45, 7) is 2.81. The van der Waals surface area contributed by atoms with Crippen LogP contribution in [-0.4, -0.2) is 36.3 Å². The van der Waals surface area contributed by atoms with Gasteiger partial charge in [-0.15, -0.1) is 0 Å². The third kappa shape index (κ3) is 3.85. The van der Waals surface area contributed by atoms with Crippen LogP contribution in [0.2, 0.25) is 0 Å². The van der Waals surface area contributed by atoms with E-state index >= 15 is 0 Å². The number of aryl methyl sites for hydroxylation is 2. The number of nitrogens with zero attached hydrogens (tertiary/aromatic N) is 5. The number of carbonyl (C=O) groups excluding carboxylic acids is 1. The highest BCUT2D eigenvalue weighted by atomic mass is 16.2. The lowest BCUT2D eigenvalue weighted by molar-refractivity contribution is 0.0932. The van der Waals surface area contributed by atoms with Gasteiger partial charge in [-0.1, -0.05) is 6.07 Å². The molecule has 0 saturated heterocycles. The number of fused-ring (bicyclic) bond motifs is 1. The minimum absolute atomic E-state index is 0.00819. The van der Waals surface area contributed by atoms with Crippen molar-refractivity contribution in [3.63, 3.8) is 0 Å². The van der Waals surface area contributed by atoms with Gasteiger partial charge >= 0.3 is 5.69 Å². The van der Waals surface area contributed by atoms with Crippen molar-refractivity contribution in [2.75, 3.05) is 0 Å². The third-order valence-corrected chi connectivity index (χ3v) is 4.97. The van der Waals surface area contributed by atoms with Crippen LogP contribution in [0.5, 0.6) is 0 Å². The molecule has 4 heterocycles. The normalized spacial score (nSPS) is 16.2. The third-order valence-electron chi connectivity index (χ3n) is 4.97. The summed E-state index contributed by atoms with van der Waals surface area (Å²) in [4.78, 5) is 33.4. The fourth-order valence-electron chi connectivity index (χ4n) is 3.50. The van der Waals surface area contributed by atoms with Crippen molar-refractivity contribution in [1.29, 1.82) is 0 Å². The van der Waals surface area contributed by atoms with Crippen LogP contribution in [-0.2, 0) is 19.5 Å². The summed E-state index contributed by atoms with van der Waals surface area (Å²) in [5.41, 5.74) is 2.24. The van der Waals surface area contributed by atoms with Crippen molar-refractivity contribution in [3.05, 3.63) is 76.0 Å². The van der Waals surface area contributed by atoms with Crippen molar-refractivity contribution in [1.82, 2.24) is 29.6 Å². The van der Waals surface area contributed by atoms with Crippen molar-refractivity contribution in [2.24, 2.45) is 0 Å². The van der Waals surface area contributed by atoms with Crippen molar-refractivity contribution < 1.29 is 4.79 Å².